The summed E-state index contributed by atoms with van der Waals surface area (Å²) in [5.74, 6) is -0.00339. The van der Waals surface area contributed by atoms with E-state index < -0.39 is 10.0 Å². The fourth-order valence-corrected chi connectivity index (χ4v) is 3.89. The van der Waals surface area contributed by atoms with Crippen molar-refractivity contribution in [3.05, 3.63) is 70.8 Å². The molecule has 1 heterocycles. The van der Waals surface area contributed by atoms with E-state index in [4.69, 9.17) is 4.74 Å². The zero-order chi connectivity index (χ0) is 16.3. The normalized spacial score (nSPS) is 17.7. The number of hydrogen-bond acceptors (Lipinski definition) is 3. The molecule has 0 aromatic heterocycles. The van der Waals surface area contributed by atoms with Crippen LogP contribution in [0.25, 0.3) is 0 Å². The van der Waals surface area contributed by atoms with E-state index in [0.29, 0.717) is 13.2 Å². The molecule has 122 valence electrons. The number of ether oxygens (including phenoxy) is 1. The number of fused-ring (bicyclic) bond motifs is 1. The first kappa shape index (κ1) is 16.2. The van der Waals surface area contributed by atoms with E-state index in [9.17, 15) is 8.42 Å². The number of aryl methyl sites for hydroxylation is 1. The lowest BCUT2D eigenvalue weighted by molar-refractivity contribution is 0.0322. The second-order valence-corrected chi connectivity index (χ2v) is 7.81. The molecule has 0 bridgehead atoms. The Bertz CT molecular complexity index is 769. The maximum atomic E-state index is 12.2. The molecular formula is C18H21NO3S. The first-order valence-electron chi connectivity index (χ1n) is 7.73. The van der Waals surface area contributed by atoms with Crippen molar-refractivity contribution in [1.29, 1.82) is 0 Å². The Kier molecular flexibility index (Phi) is 4.80. The van der Waals surface area contributed by atoms with E-state index in [1.165, 1.54) is 11.1 Å². The highest BCUT2D eigenvalue weighted by Crippen LogP contribution is 2.20. The third kappa shape index (κ3) is 4.41. The Morgan fingerprint density at radius 1 is 1.09 bits per heavy atom. The van der Waals surface area contributed by atoms with Crippen molar-refractivity contribution in [3.8, 4) is 0 Å². The molecule has 5 heteroatoms. The molecule has 0 saturated carbocycles. The molecule has 3 rings (SSSR count). The van der Waals surface area contributed by atoms with Crippen molar-refractivity contribution in [2.75, 3.05) is 6.54 Å². The van der Waals surface area contributed by atoms with Gasteiger partial charge in [-0.3, -0.25) is 0 Å². The second kappa shape index (κ2) is 6.83. The van der Waals surface area contributed by atoms with Crippen LogP contribution in [0, 0.1) is 6.92 Å². The average Bonchev–Trinajstić information content (AvgIpc) is 2.55. The van der Waals surface area contributed by atoms with Crippen molar-refractivity contribution >= 4 is 10.0 Å². The van der Waals surface area contributed by atoms with Gasteiger partial charge in [-0.1, -0.05) is 54.1 Å². The highest BCUT2D eigenvalue weighted by Gasteiger charge is 2.21. The summed E-state index contributed by atoms with van der Waals surface area (Å²) in [7, 11) is -3.35. The van der Waals surface area contributed by atoms with Crippen molar-refractivity contribution in [3.63, 3.8) is 0 Å². The van der Waals surface area contributed by atoms with Crippen LogP contribution in [0.5, 0.6) is 0 Å². The zero-order valence-corrected chi connectivity index (χ0v) is 14.0. The largest absolute Gasteiger partial charge is 0.372 e. The summed E-state index contributed by atoms with van der Waals surface area (Å²) in [4.78, 5) is 0. The molecule has 0 spiro atoms. The van der Waals surface area contributed by atoms with Gasteiger partial charge < -0.3 is 4.74 Å². The van der Waals surface area contributed by atoms with Crippen LogP contribution in [0.4, 0.5) is 0 Å². The minimum atomic E-state index is -3.35. The molecule has 1 unspecified atom stereocenters. The molecule has 0 aliphatic carbocycles. The van der Waals surface area contributed by atoms with Crippen LogP contribution in [0.1, 0.15) is 22.3 Å². The molecule has 4 nitrogen and oxygen atoms in total. The number of rotatable bonds is 5. The van der Waals surface area contributed by atoms with Gasteiger partial charge in [0.25, 0.3) is 0 Å². The molecule has 0 fully saturated rings. The summed E-state index contributed by atoms with van der Waals surface area (Å²) in [6.07, 6.45) is 0.626. The SMILES string of the molecule is Cc1ccc(CS(=O)(=O)NCC2Cc3ccccc3CO2)cc1. The Hall–Kier alpha value is -1.69. The van der Waals surface area contributed by atoms with Crippen LogP contribution in [-0.4, -0.2) is 21.1 Å². The van der Waals surface area contributed by atoms with E-state index >= 15 is 0 Å². The lowest BCUT2D eigenvalue weighted by Gasteiger charge is -2.25. The number of benzene rings is 2. The fraction of sp³-hybridized carbons (Fsp3) is 0.333. The molecule has 2 aromatic rings. The maximum Gasteiger partial charge on any atom is 0.215 e. The molecule has 0 amide bonds. The van der Waals surface area contributed by atoms with Crippen molar-refractivity contribution < 1.29 is 13.2 Å². The van der Waals surface area contributed by atoms with Gasteiger partial charge in [0.2, 0.25) is 10.0 Å². The molecule has 1 aliphatic heterocycles. The summed E-state index contributed by atoms with van der Waals surface area (Å²) >= 11 is 0. The van der Waals surface area contributed by atoms with Gasteiger partial charge in [-0.2, -0.15) is 0 Å². The molecule has 2 aromatic carbocycles. The summed E-state index contributed by atoms with van der Waals surface area (Å²) in [6, 6.07) is 15.7. The Morgan fingerprint density at radius 3 is 2.52 bits per heavy atom. The fourth-order valence-electron chi connectivity index (χ4n) is 2.72. The number of sulfonamides is 1. The van der Waals surface area contributed by atoms with E-state index in [0.717, 1.165) is 17.5 Å². The highest BCUT2D eigenvalue weighted by molar-refractivity contribution is 7.88. The third-order valence-corrected chi connectivity index (χ3v) is 5.37. The van der Waals surface area contributed by atoms with Crippen LogP contribution in [0.15, 0.2) is 48.5 Å². The smallest absolute Gasteiger partial charge is 0.215 e. The average molecular weight is 331 g/mol. The Morgan fingerprint density at radius 2 is 1.78 bits per heavy atom. The molecule has 1 atom stereocenters. The lowest BCUT2D eigenvalue weighted by Crippen LogP contribution is -2.37. The van der Waals surface area contributed by atoms with Crippen molar-refractivity contribution in [2.45, 2.75) is 31.8 Å². The van der Waals surface area contributed by atoms with Crippen LogP contribution in [0.3, 0.4) is 0 Å². The van der Waals surface area contributed by atoms with Gasteiger partial charge in [0.1, 0.15) is 0 Å². The van der Waals surface area contributed by atoms with Gasteiger partial charge in [0, 0.05) is 13.0 Å². The predicted molar refractivity (Wildman–Crippen MR) is 90.5 cm³/mol. The molecule has 0 radical (unpaired) electrons. The summed E-state index contributed by atoms with van der Waals surface area (Å²) in [5.41, 5.74) is 4.33. The van der Waals surface area contributed by atoms with Crippen LogP contribution < -0.4 is 4.72 Å². The lowest BCUT2D eigenvalue weighted by atomic mass is 9.99. The van der Waals surface area contributed by atoms with Crippen LogP contribution >= 0.6 is 0 Å². The molecule has 23 heavy (non-hydrogen) atoms. The predicted octanol–water partition coefficient (Wildman–Crippen LogP) is 2.56. The topological polar surface area (TPSA) is 55.4 Å². The van der Waals surface area contributed by atoms with Gasteiger partial charge in [0.05, 0.1) is 18.5 Å². The van der Waals surface area contributed by atoms with E-state index in [1.807, 2.05) is 49.4 Å². The molecule has 0 saturated heterocycles. The standard InChI is InChI=1S/C18H21NO3S/c1-14-6-8-15(9-7-14)13-23(20,21)19-11-18-10-16-4-2-3-5-17(16)12-22-18/h2-9,18-19H,10-13H2,1H3. The van der Waals surface area contributed by atoms with Crippen molar-refractivity contribution in [2.24, 2.45) is 0 Å². The Labute approximate surface area is 137 Å². The molecule has 1 aliphatic rings. The minimum absolute atomic E-state index is 0.00339. The van der Waals surface area contributed by atoms with E-state index in [1.54, 1.807) is 0 Å². The number of hydrogen-bond donors (Lipinski definition) is 1. The first-order valence-corrected chi connectivity index (χ1v) is 9.38. The number of nitrogens with one attached hydrogen (secondary N) is 1. The summed E-state index contributed by atoms with van der Waals surface area (Å²) < 4.78 is 32.8. The van der Waals surface area contributed by atoms with Crippen molar-refractivity contribution in [1.82, 2.24) is 4.72 Å². The molecular weight excluding hydrogens is 310 g/mol. The first-order chi connectivity index (χ1) is 11.0. The van der Waals surface area contributed by atoms with Gasteiger partial charge >= 0.3 is 0 Å². The van der Waals surface area contributed by atoms with E-state index in [-0.39, 0.29) is 11.9 Å². The summed E-state index contributed by atoms with van der Waals surface area (Å²) in [5, 5.41) is 0. The third-order valence-electron chi connectivity index (χ3n) is 4.05. The maximum absolute atomic E-state index is 12.2. The highest BCUT2D eigenvalue weighted by atomic mass is 32.2. The van der Waals surface area contributed by atoms with E-state index in [2.05, 4.69) is 10.8 Å². The second-order valence-electron chi connectivity index (χ2n) is 6.00. The van der Waals surface area contributed by atoms with Crippen LogP contribution in [-0.2, 0) is 33.5 Å². The minimum Gasteiger partial charge on any atom is -0.372 e. The monoisotopic (exact) mass is 331 g/mol. The van der Waals surface area contributed by atoms with Gasteiger partial charge in [-0.05, 0) is 23.6 Å². The van der Waals surface area contributed by atoms with Crippen LogP contribution in [0.2, 0.25) is 0 Å². The summed E-state index contributed by atoms with van der Waals surface area (Å²) in [6.45, 7) is 2.83. The van der Waals surface area contributed by atoms with Gasteiger partial charge in [-0.15, -0.1) is 0 Å². The van der Waals surface area contributed by atoms with Gasteiger partial charge in [-0.25, -0.2) is 13.1 Å². The zero-order valence-electron chi connectivity index (χ0n) is 13.2. The van der Waals surface area contributed by atoms with Gasteiger partial charge in [0.15, 0.2) is 0 Å². The Balaban J connectivity index is 1.56. The quantitative estimate of drug-likeness (QED) is 0.916. The molecule has 1 N–H and O–H groups in total.